The Hall–Kier alpha value is -1.76. The van der Waals surface area contributed by atoms with Crippen molar-refractivity contribution in [1.29, 1.82) is 0 Å². The van der Waals surface area contributed by atoms with Crippen LogP contribution in [0.5, 0.6) is 0 Å². The van der Waals surface area contributed by atoms with Crippen LogP contribution in [0.3, 0.4) is 0 Å². The minimum absolute atomic E-state index is 0.0284. The molecule has 2 fully saturated rings. The van der Waals surface area contributed by atoms with Crippen LogP contribution in [-0.4, -0.2) is 51.5 Å². The molecule has 170 valence electrons. The smallest absolute Gasteiger partial charge is 0.334 e. The number of aliphatic hydroxyl groups excluding tert-OH is 2. The maximum Gasteiger partial charge on any atom is 0.334 e. The Kier molecular flexibility index (Phi) is 4.97. The largest absolute Gasteiger partial charge is 0.451 e. The van der Waals surface area contributed by atoms with E-state index in [-0.39, 0.29) is 28.6 Å². The van der Waals surface area contributed by atoms with Gasteiger partial charge in [-0.1, -0.05) is 39.0 Å². The molecule has 0 aliphatic heterocycles. The second-order valence-electron chi connectivity index (χ2n) is 10.6. The molecule has 2 bridgehead atoms. The van der Waals surface area contributed by atoms with Crippen molar-refractivity contribution in [2.45, 2.75) is 65.8 Å². The van der Waals surface area contributed by atoms with Crippen LogP contribution >= 0.6 is 0 Å². The number of rotatable bonds is 3. The van der Waals surface area contributed by atoms with Crippen LogP contribution in [0.1, 0.15) is 48.0 Å². The van der Waals surface area contributed by atoms with E-state index in [1.54, 1.807) is 39.0 Å². The van der Waals surface area contributed by atoms with Crippen molar-refractivity contribution in [1.82, 2.24) is 0 Å². The van der Waals surface area contributed by atoms with E-state index in [4.69, 9.17) is 4.74 Å². The van der Waals surface area contributed by atoms with Crippen LogP contribution in [0.15, 0.2) is 34.9 Å². The highest BCUT2D eigenvalue weighted by molar-refractivity contribution is 5.95. The normalized spacial score (nSPS) is 45.6. The molecule has 0 amide bonds. The van der Waals surface area contributed by atoms with E-state index in [1.165, 1.54) is 0 Å². The Labute approximate surface area is 183 Å². The fourth-order valence-electron chi connectivity index (χ4n) is 6.89. The van der Waals surface area contributed by atoms with Gasteiger partial charge in [0, 0.05) is 11.5 Å². The Morgan fingerprint density at radius 2 is 2.00 bits per heavy atom. The number of hydrogen-bond donors (Lipinski definition) is 3. The molecular formula is C25H34O6. The maximum atomic E-state index is 14.2. The van der Waals surface area contributed by atoms with E-state index in [1.807, 2.05) is 6.92 Å². The zero-order valence-corrected chi connectivity index (χ0v) is 19.2. The SMILES string of the molecule is C/C=C(/C)C(=O)O[C@@H]1C(CO)=CC2C(=O)[C@]3(C=C(C)[C@H](O)[C@@]13O)[C@H](C)C[C@@H]1[C@H]2C1(C)C. The number of hydrogen-bond acceptors (Lipinski definition) is 6. The van der Waals surface area contributed by atoms with Gasteiger partial charge < -0.3 is 20.1 Å². The number of carbonyl (C=O) groups excluding carboxylic acids is 2. The highest BCUT2D eigenvalue weighted by atomic mass is 16.6. The fraction of sp³-hybridized carbons (Fsp3) is 0.680. The van der Waals surface area contributed by atoms with Gasteiger partial charge >= 0.3 is 5.97 Å². The molecule has 0 saturated heterocycles. The lowest BCUT2D eigenvalue weighted by atomic mass is 9.59. The van der Waals surface area contributed by atoms with Crippen LogP contribution < -0.4 is 0 Å². The number of ether oxygens (including phenoxy) is 1. The van der Waals surface area contributed by atoms with Crippen LogP contribution in [0.25, 0.3) is 0 Å². The number of carbonyl (C=O) groups is 2. The minimum Gasteiger partial charge on any atom is -0.451 e. The first-order chi connectivity index (χ1) is 14.4. The summed E-state index contributed by atoms with van der Waals surface area (Å²) in [7, 11) is 0. The van der Waals surface area contributed by atoms with E-state index in [2.05, 4.69) is 13.8 Å². The molecule has 0 aromatic heterocycles. The maximum absolute atomic E-state index is 14.2. The molecule has 0 aromatic carbocycles. The molecule has 0 heterocycles. The van der Waals surface area contributed by atoms with Gasteiger partial charge in [-0.2, -0.15) is 0 Å². The van der Waals surface area contributed by atoms with Gasteiger partial charge in [0.05, 0.1) is 12.0 Å². The van der Waals surface area contributed by atoms with E-state index >= 15 is 0 Å². The molecule has 8 atom stereocenters. The quantitative estimate of drug-likeness (QED) is 0.361. The predicted octanol–water partition coefficient (Wildman–Crippen LogP) is 2.33. The molecule has 0 aromatic rings. The summed E-state index contributed by atoms with van der Waals surface area (Å²) in [5, 5.41) is 33.7. The van der Waals surface area contributed by atoms with Gasteiger partial charge in [0.15, 0.2) is 17.5 Å². The number of aliphatic hydroxyl groups is 3. The summed E-state index contributed by atoms with van der Waals surface area (Å²) in [6.07, 6.45) is 3.04. The molecule has 2 saturated carbocycles. The summed E-state index contributed by atoms with van der Waals surface area (Å²) in [5.41, 5.74) is -2.40. The van der Waals surface area contributed by atoms with Crippen molar-refractivity contribution in [2.75, 3.05) is 6.61 Å². The van der Waals surface area contributed by atoms with Crippen LogP contribution in [0, 0.1) is 34.5 Å². The fourth-order valence-corrected chi connectivity index (χ4v) is 6.89. The second kappa shape index (κ2) is 6.87. The standard InChI is InChI=1S/C25H34O6/c1-7-12(2)22(29)31-21-15(11-26)9-16-18-17(23(18,5)6)8-14(4)24(20(16)28)10-13(3)19(27)25(21,24)30/h7,9-10,14,16-19,21,26-27,30H,8,11H2,1-6H3/b12-7-/t14-,16?,17-,18+,19+,21-,24+,25-/m1/s1. The average Bonchev–Trinajstić information content (AvgIpc) is 3.23. The summed E-state index contributed by atoms with van der Waals surface area (Å²) < 4.78 is 5.77. The Morgan fingerprint density at radius 1 is 1.35 bits per heavy atom. The minimum atomic E-state index is -2.08. The van der Waals surface area contributed by atoms with Crippen LogP contribution in [0.2, 0.25) is 0 Å². The first-order valence-electron chi connectivity index (χ1n) is 11.2. The third kappa shape index (κ3) is 2.61. The number of esters is 1. The summed E-state index contributed by atoms with van der Waals surface area (Å²) in [6.45, 7) is 10.8. The third-order valence-electron chi connectivity index (χ3n) is 8.88. The molecule has 4 aliphatic rings. The lowest BCUT2D eigenvalue weighted by molar-refractivity contribution is -0.202. The highest BCUT2D eigenvalue weighted by Crippen LogP contribution is 2.71. The predicted molar refractivity (Wildman–Crippen MR) is 115 cm³/mol. The first kappa shape index (κ1) is 22.4. The monoisotopic (exact) mass is 430 g/mol. The lowest BCUT2D eigenvalue weighted by Crippen LogP contribution is -2.66. The molecule has 4 aliphatic carbocycles. The third-order valence-corrected chi connectivity index (χ3v) is 8.88. The van der Waals surface area contributed by atoms with E-state index in [0.717, 1.165) is 6.42 Å². The van der Waals surface area contributed by atoms with E-state index in [9.17, 15) is 24.9 Å². The molecule has 6 nitrogen and oxygen atoms in total. The summed E-state index contributed by atoms with van der Waals surface area (Å²) >= 11 is 0. The topological polar surface area (TPSA) is 104 Å². The van der Waals surface area contributed by atoms with Crippen molar-refractivity contribution in [3.63, 3.8) is 0 Å². The van der Waals surface area contributed by atoms with Crippen molar-refractivity contribution < 1.29 is 29.6 Å². The summed E-state index contributed by atoms with van der Waals surface area (Å²) in [4.78, 5) is 26.9. The first-order valence-corrected chi connectivity index (χ1v) is 11.2. The van der Waals surface area contributed by atoms with E-state index < -0.39 is 41.7 Å². The Morgan fingerprint density at radius 3 is 2.58 bits per heavy atom. The molecule has 31 heavy (non-hydrogen) atoms. The number of Topliss-reactive ketones (excluding diaryl/α,β-unsaturated/α-hetero) is 1. The second-order valence-corrected chi connectivity index (χ2v) is 10.6. The Balaban J connectivity index is 1.96. The number of allylic oxidation sites excluding steroid dienone is 2. The van der Waals surface area contributed by atoms with Gasteiger partial charge in [0.1, 0.15) is 6.10 Å². The number of fused-ring (bicyclic) bond motifs is 3. The van der Waals surface area contributed by atoms with Crippen LogP contribution in [0.4, 0.5) is 0 Å². The summed E-state index contributed by atoms with van der Waals surface area (Å²) in [6, 6.07) is 0. The molecule has 4 rings (SSSR count). The number of ketones is 1. The zero-order chi connectivity index (χ0) is 23.1. The van der Waals surface area contributed by atoms with Gasteiger partial charge in [-0.25, -0.2) is 4.79 Å². The van der Waals surface area contributed by atoms with Crippen molar-refractivity contribution in [3.05, 3.63) is 34.9 Å². The zero-order valence-electron chi connectivity index (χ0n) is 19.2. The van der Waals surface area contributed by atoms with Gasteiger partial charge in [0.2, 0.25) is 0 Å². The molecule has 1 unspecified atom stereocenters. The Bertz CT molecular complexity index is 926. The molecule has 3 N–H and O–H groups in total. The van der Waals surface area contributed by atoms with Crippen LogP contribution in [-0.2, 0) is 14.3 Å². The average molecular weight is 431 g/mol. The van der Waals surface area contributed by atoms with Gasteiger partial charge in [-0.3, -0.25) is 4.79 Å². The lowest BCUT2D eigenvalue weighted by Gasteiger charge is -2.49. The van der Waals surface area contributed by atoms with Gasteiger partial charge in [-0.15, -0.1) is 0 Å². The van der Waals surface area contributed by atoms with Gasteiger partial charge in [0.25, 0.3) is 0 Å². The summed E-state index contributed by atoms with van der Waals surface area (Å²) in [5.74, 6) is -1.18. The molecule has 0 radical (unpaired) electrons. The van der Waals surface area contributed by atoms with Crippen molar-refractivity contribution >= 4 is 11.8 Å². The van der Waals surface area contributed by atoms with Crippen molar-refractivity contribution in [3.8, 4) is 0 Å². The molecular weight excluding hydrogens is 396 g/mol. The van der Waals surface area contributed by atoms with Crippen molar-refractivity contribution in [2.24, 2.45) is 34.5 Å². The molecule has 1 spiro atoms. The highest BCUT2D eigenvalue weighted by Gasteiger charge is 2.76. The van der Waals surface area contributed by atoms with E-state index in [0.29, 0.717) is 17.1 Å². The molecule has 6 heteroatoms. The van der Waals surface area contributed by atoms with Gasteiger partial charge in [-0.05, 0) is 61.5 Å².